The molecule has 122 valence electrons. The van der Waals surface area contributed by atoms with E-state index in [0.717, 1.165) is 11.1 Å². The minimum atomic E-state index is -0.912. The monoisotopic (exact) mass is 340 g/mol. The van der Waals surface area contributed by atoms with Crippen LogP contribution in [0.2, 0.25) is 0 Å². The van der Waals surface area contributed by atoms with Crippen molar-refractivity contribution in [3.8, 4) is 0 Å². The third-order valence-corrected chi connectivity index (χ3v) is 4.12. The molecule has 0 spiro atoms. The van der Waals surface area contributed by atoms with Gasteiger partial charge in [-0.2, -0.15) is 0 Å². The second kappa shape index (κ2) is 10.6. The number of rotatable bonds is 5. The zero-order valence-electron chi connectivity index (χ0n) is 14.4. The van der Waals surface area contributed by atoms with Gasteiger partial charge in [0.1, 0.15) is 0 Å². The van der Waals surface area contributed by atoms with Crippen LogP contribution in [0.15, 0.2) is 58.7 Å². The average Bonchev–Trinajstić information content (AvgIpc) is 2.36. The van der Waals surface area contributed by atoms with Crippen LogP contribution in [0.4, 0.5) is 0 Å². The second-order valence-corrected chi connectivity index (χ2v) is 6.76. The van der Waals surface area contributed by atoms with Crippen LogP contribution in [0.25, 0.3) is 0 Å². The Balaban J connectivity index is 0.00000484. The fourth-order valence-electron chi connectivity index (χ4n) is 2.88. The molecule has 1 aliphatic rings. The van der Waals surface area contributed by atoms with Crippen molar-refractivity contribution in [1.29, 1.82) is 0 Å². The van der Waals surface area contributed by atoms with Crippen LogP contribution in [0.1, 0.15) is 53.9 Å². The molecule has 0 saturated carbocycles. The van der Waals surface area contributed by atoms with Gasteiger partial charge < -0.3 is 5.11 Å². The Morgan fingerprint density at radius 1 is 1.17 bits per heavy atom. The molecule has 2 nitrogen and oxygen atoms in total. The van der Waals surface area contributed by atoms with E-state index in [2.05, 4.69) is 39.8 Å². The van der Waals surface area contributed by atoms with Gasteiger partial charge in [0, 0.05) is 6.08 Å². The Labute approximate surface area is 183 Å². The molecule has 23 heavy (non-hydrogen) atoms. The fourth-order valence-corrected chi connectivity index (χ4v) is 2.88. The first-order chi connectivity index (χ1) is 10.2. The van der Waals surface area contributed by atoms with Crippen molar-refractivity contribution in [2.45, 2.75) is 53.9 Å². The summed E-state index contributed by atoms with van der Waals surface area (Å²) < 4.78 is 0. The number of allylic oxidation sites excluding steroid dienone is 9. The van der Waals surface area contributed by atoms with Gasteiger partial charge in [0.25, 0.3) is 0 Å². The van der Waals surface area contributed by atoms with E-state index < -0.39 is 5.97 Å². The summed E-state index contributed by atoms with van der Waals surface area (Å²) in [5.41, 5.74) is 5.09. The Kier molecular flexibility index (Phi) is 10.5. The second-order valence-electron chi connectivity index (χ2n) is 6.76. The van der Waals surface area contributed by atoms with Gasteiger partial charge >= 0.3 is 57.4 Å². The van der Waals surface area contributed by atoms with E-state index in [4.69, 9.17) is 5.11 Å². The zero-order chi connectivity index (χ0) is 16.8. The molecule has 1 N–H and O–H groups in total. The molecule has 0 fully saturated rings. The Morgan fingerprint density at radius 2 is 1.83 bits per heavy atom. The number of carboxylic acids is 1. The number of hydrogen-bond acceptors (Lipinski definition) is 1. The van der Waals surface area contributed by atoms with E-state index in [-0.39, 0.29) is 56.8 Å². The van der Waals surface area contributed by atoms with Crippen LogP contribution < -0.4 is 0 Å². The van der Waals surface area contributed by atoms with Gasteiger partial charge in [-0.1, -0.05) is 55.4 Å². The number of hydrogen-bond donors (Lipinski definition) is 1. The fraction of sp³-hybridized carbons (Fsp3) is 0.450. The van der Waals surface area contributed by atoms with Gasteiger partial charge in [0.2, 0.25) is 0 Å². The SMILES string of the molecule is CC1=C(/C=C/C(C)=C/C=C/C(C)=C/C(=O)O)C(C)(C)CCC1.[KH]. The minimum absolute atomic E-state index is 0. The van der Waals surface area contributed by atoms with E-state index in [0.29, 0.717) is 0 Å². The van der Waals surface area contributed by atoms with Crippen molar-refractivity contribution in [1.82, 2.24) is 0 Å². The molecule has 0 unspecified atom stereocenters. The van der Waals surface area contributed by atoms with E-state index in [9.17, 15) is 4.79 Å². The maximum absolute atomic E-state index is 10.5. The summed E-state index contributed by atoms with van der Waals surface area (Å²) in [4.78, 5) is 10.5. The third-order valence-electron chi connectivity index (χ3n) is 4.12. The number of carbonyl (C=O) groups is 1. The molecular weight excluding hydrogens is 311 g/mol. The summed E-state index contributed by atoms with van der Waals surface area (Å²) in [5, 5.41) is 8.65. The maximum atomic E-state index is 10.5. The molecule has 1 rings (SSSR count). The summed E-state index contributed by atoms with van der Waals surface area (Å²) in [5.74, 6) is -0.912. The van der Waals surface area contributed by atoms with Crippen LogP contribution in [0, 0.1) is 5.41 Å². The number of aliphatic carboxylic acids is 1. The molecule has 0 saturated heterocycles. The number of carboxylic acid groups (broad SMARTS) is 1. The van der Waals surface area contributed by atoms with Gasteiger partial charge in [-0.3, -0.25) is 0 Å². The first kappa shape index (κ1) is 22.8. The van der Waals surface area contributed by atoms with Gasteiger partial charge in [0.05, 0.1) is 0 Å². The zero-order valence-corrected chi connectivity index (χ0v) is 14.4. The van der Waals surface area contributed by atoms with Crippen LogP contribution in [0.5, 0.6) is 0 Å². The summed E-state index contributed by atoms with van der Waals surface area (Å²) in [6.07, 6.45) is 15.0. The summed E-state index contributed by atoms with van der Waals surface area (Å²) >= 11 is 0. The molecule has 0 aliphatic heterocycles. The van der Waals surface area contributed by atoms with Crippen molar-refractivity contribution in [2.24, 2.45) is 5.41 Å². The van der Waals surface area contributed by atoms with Crippen molar-refractivity contribution in [2.75, 3.05) is 0 Å². The van der Waals surface area contributed by atoms with E-state index >= 15 is 0 Å². The molecule has 0 aromatic carbocycles. The molecule has 0 bridgehead atoms. The van der Waals surface area contributed by atoms with Gasteiger partial charge in [-0.15, -0.1) is 0 Å². The molecule has 0 aromatic heterocycles. The molecule has 0 aromatic rings. The van der Waals surface area contributed by atoms with E-state index in [1.165, 1.54) is 36.5 Å². The van der Waals surface area contributed by atoms with Gasteiger partial charge in [-0.25, -0.2) is 4.79 Å². The predicted molar refractivity (Wildman–Crippen MR) is 101 cm³/mol. The normalized spacial score (nSPS) is 19.3. The standard InChI is InChI=1S/C20H28O2.K.H/c1-15(8-6-9-16(2)14-19(21)22)11-12-18-17(3)10-7-13-20(18,4)5;;/h6,8-9,11-12,14H,7,10,13H2,1-5H3,(H,21,22);;/b9-6+,12-11+,15-8+,16-14+;;. The Bertz CT molecular complexity index is 572. The van der Waals surface area contributed by atoms with Crippen LogP contribution in [0.3, 0.4) is 0 Å². The first-order valence-corrected chi connectivity index (χ1v) is 7.87. The molecule has 0 radical (unpaired) electrons. The molecule has 0 heterocycles. The summed E-state index contributed by atoms with van der Waals surface area (Å²) in [7, 11) is 0. The van der Waals surface area contributed by atoms with Crippen LogP contribution in [-0.4, -0.2) is 62.5 Å². The van der Waals surface area contributed by atoms with E-state index in [1.807, 2.05) is 12.2 Å². The van der Waals surface area contributed by atoms with Crippen LogP contribution >= 0.6 is 0 Å². The van der Waals surface area contributed by atoms with Gasteiger partial charge in [-0.05, 0) is 56.6 Å². The van der Waals surface area contributed by atoms with Gasteiger partial charge in [0.15, 0.2) is 0 Å². The van der Waals surface area contributed by atoms with Crippen molar-refractivity contribution in [3.63, 3.8) is 0 Å². The van der Waals surface area contributed by atoms with Crippen LogP contribution in [-0.2, 0) is 4.79 Å². The predicted octanol–water partition coefficient (Wildman–Crippen LogP) is 4.95. The van der Waals surface area contributed by atoms with Crippen molar-refractivity contribution in [3.05, 3.63) is 58.7 Å². The molecule has 0 amide bonds. The quantitative estimate of drug-likeness (QED) is 0.436. The molecule has 0 atom stereocenters. The first-order valence-electron chi connectivity index (χ1n) is 7.87. The summed E-state index contributed by atoms with van der Waals surface area (Å²) in [6.45, 7) is 10.7. The Hall–Kier alpha value is -0.194. The summed E-state index contributed by atoms with van der Waals surface area (Å²) in [6, 6.07) is 0. The van der Waals surface area contributed by atoms with Crippen molar-refractivity contribution < 1.29 is 9.90 Å². The molecule has 1 aliphatic carbocycles. The average molecular weight is 341 g/mol. The third kappa shape index (κ3) is 8.46. The molecular formula is C20H29KO2. The molecule has 3 heteroatoms. The Morgan fingerprint density at radius 3 is 2.39 bits per heavy atom. The van der Waals surface area contributed by atoms with E-state index in [1.54, 1.807) is 13.0 Å². The van der Waals surface area contributed by atoms with Crippen molar-refractivity contribution >= 4 is 57.4 Å². The topological polar surface area (TPSA) is 37.3 Å².